The summed E-state index contributed by atoms with van der Waals surface area (Å²) in [6.45, 7) is 5.90. The van der Waals surface area contributed by atoms with Crippen LogP contribution in [0, 0.1) is 0 Å². The van der Waals surface area contributed by atoms with E-state index in [2.05, 4.69) is 74.2 Å². The van der Waals surface area contributed by atoms with Crippen LogP contribution in [0.1, 0.15) is 37.3 Å². The molecule has 0 nitrogen and oxygen atoms in total. The first kappa shape index (κ1) is 16.5. The van der Waals surface area contributed by atoms with Gasteiger partial charge in [0.05, 0.1) is 0 Å². The Morgan fingerprint density at radius 1 is 0.792 bits per heavy atom. The first-order chi connectivity index (χ1) is 11.8. The van der Waals surface area contributed by atoms with Crippen molar-refractivity contribution in [2.75, 3.05) is 0 Å². The average molecular weight is 314 g/mol. The Bertz CT molecular complexity index is 868. The minimum Gasteiger partial charge on any atom is -0.103 e. The highest BCUT2D eigenvalue weighted by Crippen LogP contribution is 2.27. The standard InChI is InChI=1S/C24H26/c1-3-5-7-8-10-20-12-16-24-22(18-20)14-13-21-17-19(9-6-4-2)11-15-23(21)24/h3-5,11-18H,2,6-10H2,1H3/b5-3+. The molecule has 0 fully saturated rings. The smallest absolute Gasteiger partial charge is 0.0105 e. The SMILES string of the molecule is C=CCCc1ccc2c(ccc3cc(CCC/C=C/C)ccc32)c1. The van der Waals surface area contributed by atoms with Crippen LogP contribution in [0.2, 0.25) is 0 Å². The van der Waals surface area contributed by atoms with Gasteiger partial charge in [0.25, 0.3) is 0 Å². The van der Waals surface area contributed by atoms with E-state index in [1.54, 1.807) is 0 Å². The quantitative estimate of drug-likeness (QED) is 0.250. The summed E-state index contributed by atoms with van der Waals surface area (Å²) in [4.78, 5) is 0. The van der Waals surface area contributed by atoms with Crippen molar-refractivity contribution < 1.29 is 0 Å². The van der Waals surface area contributed by atoms with Gasteiger partial charge in [-0.1, -0.05) is 66.8 Å². The van der Waals surface area contributed by atoms with Crippen molar-refractivity contribution in [2.24, 2.45) is 0 Å². The number of hydrogen-bond acceptors (Lipinski definition) is 0. The van der Waals surface area contributed by atoms with Crippen LogP contribution in [-0.2, 0) is 12.8 Å². The molecule has 3 aromatic rings. The molecule has 0 radical (unpaired) electrons. The fraction of sp³-hybridized carbons (Fsp3) is 0.250. The van der Waals surface area contributed by atoms with Gasteiger partial charge in [-0.15, -0.1) is 6.58 Å². The molecule has 0 saturated heterocycles. The van der Waals surface area contributed by atoms with Gasteiger partial charge >= 0.3 is 0 Å². The number of rotatable bonds is 7. The summed E-state index contributed by atoms with van der Waals surface area (Å²) >= 11 is 0. The van der Waals surface area contributed by atoms with Crippen LogP contribution in [0.5, 0.6) is 0 Å². The Kier molecular flexibility index (Phi) is 5.48. The Morgan fingerprint density at radius 2 is 1.42 bits per heavy atom. The molecule has 0 aliphatic carbocycles. The Balaban J connectivity index is 1.88. The van der Waals surface area contributed by atoms with E-state index in [9.17, 15) is 0 Å². The molecule has 0 amide bonds. The summed E-state index contributed by atoms with van der Waals surface area (Å²) in [5, 5.41) is 5.41. The lowest BCUT2D eigenvalue weighted by molar-refractivity contribution is 0.843. The number of hydrogen-bond donors (Lipinski definition) is 0. The van der Waals surface area contributed by atoms with Crippen molar-refractivity contribution in [1.82, 2.24) is 0 Å². The van der Waals surface area contributed by atoms with Gasteiger partial charge in [0, 0.05) is 0 Å². The zero-order chi connectivity index (χ0) is 16.8. The highest BCUT2D eigenvalue weighted by atomic mass is 14.1. The third-order valence-electron chi connectivity index (χ3n) is 4.67. The number of aryl methyl sites for hydroxylation is 2. The lowest BCUT2D eigenvalue weighted by Gasteiger charge is -2.08. The second-order valence-electron chi connectivity index (χ2n) is 6.47. The molecule has 0 spiro atoms. The van der Waals surface area contributed by atoms with Crippen molar-refractivity contribution in [3.63, 3.8) is 0 Å². The van der Waals surface area contributed by atoms with E-state index in [1.165, 1.54) is 45.5 Å². The van der Waals surface area contributed by atoms with Crippen LogP contribution < -0.4 is 0 Å². The summed E-state index contributed by atoms with van der Waals surface area (Å²) in [5.74, 6) is 0. The molecule has 0 heteroatoms. The third kappa shape index (κ3) is 3.76. The predicted molar refractivity (Wildman–Crippen MR) is 108 cm³/mol. The summed E-state index contributed by atoms with van der Waals surface area (Å²) in [6, 6.07) is 18.3. The predicted octanol–water partition coefficient (Wildman–Crippen LogP) is 7.01. The second-order valence-corrected chi connectivity index (χ2v) is 6.47. The van der Waals surface area contributed by atoms with Gasteiger partial charge in [0.2, 0.25) is 0 Å². The van der Waals surface area contributed by atoms with Gasteiger partial charge < -0.3 is 0 Å². The number of benzene rings is 3. The normalized spacial score (nSPS) is 11.5. The first-order valence-corrected chi connectivity index (χ1v) is 8.98. The molecular formula is C24H26. The lowest BCUT2D eigenvalue weighted by Crippen LogP contribution is -1.87. The van der Waals surface area contributed by atoms with Crippen molar-refractivity contribution in [2.45, 2.75) is 39.0 Å². The molecule has 0 aliphatic rings. The monoisotopic (exact) mass is 314 g/mol. The molecular weight excluding hydrogens is 288 g/mol. The third-order valence-corrected chi connectivity index (χ3v) is 4.67. The Labute approximate surface area is 145 Å². The van der Waals surface area contributed by atoms with Crippen LogP contribution in [0.15, 0.2) is 73.3 Å². The zero-order valence-corrected chi connectivity index (χ0v) is 14.6. The van der Waals surface area contributed by atoms with Crippen molar-refractivity contribution in [3.8, 4) is 0 Å². The molecule has 24 heavy (non-hydrogen) atoms. The number of allylic oxidation sites excluding steroid dienone is 3. The van der Waals surface area contributed by atoms with E-state index < -0.39 is 0 Å². The van der Waals surface area contributed by atoms with E-state index in [0.717, 1.165) is 19.3 Å². The maximum Gasteiger partial charge on any atom is -0.0105 e. The summed E-state index contributed by atoms with van der Waals surface area (Å²) in [5.41, 5.74) is 2.83. The van der Waals surface area contributed by atoms with E-state index in [1.807, 2.05) is 6.08 Å². The second kappa shape index (κ2) is 7.97. The lowest BCUT2D eigenvalue weighted by atomic mass is 9.96. The number of unbranched alkanes of at least 4 members (excludes halogenated alkanes) is 1. The molecule has 0 saturated carbocycles. The fourth-order valence-electron chi connectivity index (χ4n) is 3.34. The van der Waals surface area contributed by atoms with Gasteiger partial charge in [0.15, 0.2) is 0 Å². The van der Waals surface area contributed by atoms with E-state index in [4.69, 9.17) is 0 Å². The average Bonchev–Trinajstić information content (AvgIpc) is 2.63. The van der Waals surface area contributed by atoms with Crippen molar-refractivity contribution in [1.29, 1.82) is 0 Å². The van der Waals surface area contributed by atoms with Gasteiger partial charge in [0.1, 0.15) is 0 Å². The molecule has 122 valence electrons. The highest BCUT2D eigenvalue weighted by Gasteiger charge is 2.03. The van der Waals surface area contributed by atoms with Crippen LogP contribution in [0.25, 0.3) is 21.5 Å². The van der Waals surface area contributed by atoms with Gasteiger partial charge in [-0.3, -0.25) is 0 Å². The minimum atomic E-state index is 1.04. The van der Waals surface area contributed by atoms with Crippen LogP contribution >= 0.6 is 0 Å². The molecule has 0 aromatic heterocycles. The van der Waals surface area contributed by atoms with Gasteiger partial charge in [-0.25, -0.2) is 0 Å². The molecule has 0 N–H and O–H groups in total. The first-order valence-electron chi connectivity index (χ1n) is 8.98. The Hall–Kier alpha value is -2.34. The van der Waals surface area contributed by atoms with E-state index in [-0.39, 0.29) is 0 Å². The summed E-state index contributed by atoms with van der Waals surface area (Å²) in [7, 11) is 0. The summed E-state index contributed by atoms with van der Waals surface area (Å²) in [6.07, 6.45) is 12.0. The maximum atomic E-state index is 3.81. The van der Waals surface area contributed by atoms with Crippen molar-refractivity contribution in [3.05, 3.63) is 84.5 Å². The molecule has 3 aromatic carbocycles. The van der Waals surface area contributed by atoms with E-state index >= 15 is 0 Å². The van der Waals surface area contributed by atoms with Gasteiger partial charge in [-0.2, -0.15) is 0 Å². The topological polar surface area (TPSA) is 0 Å². The fourth-order valence-corrected chi connectivity index (χ4v) is 3.34. The maximum absolute atomic E-state index is 3.81. The molecule has 0 unspecified atom stereocenters. The highest BCUT2D eigenvalue weighted by molar-refractivity contribution is 6.07. The Morgan fingerprint density at radius 3 is 2.00 bits per heavy atom. The largest absolute Gasteiger partial charge is 0.103 e. The molecule has 0 aliphatic heterocycles. The molecule has 0 bridgehead atoms. The van der Waals surface area contributed by atoms with E-state index in [0.29, 0.717) is 0 Å². The molecule has 0 heterocycles. The number of fused-ring (bicyclic) bond motifs is 3. The summed E-state index contributed by atoms with van der Waals surface area (Å²) < 4.78 is 0. The van der Waals surface area contributed by atoms with Crippen LogP contribution in [0.3, 0.4) is 0 Å². The van der Waals surface area contributed by atoms with Crippen LogP contribution in [0.4, 0.5) is 0 Å². The molecule has 0 atom stereocenters. The zero-order valence-electron chi connectivity index (χ0n) is 14.6. The van der Waals surface area contributed by atoms with Crippen molar-refractivity contribution >= 4 is 21.5 Å². The van der Waals surface area contributed by atoms with Crippen LogP contribution in [-0.4, -0.2) is 0 Å². The van der Waals surface area contributed by atoms with Gasteiger partial charge in [-0.05, 0) is 71.7 Å². The molecule has 3 rings (SSSR count). The minimum absolute atomic E-state index is 1.04.